The molecule has 0 unspecified atom stereocenters. The molecule has 2 aromatic rings. The Morgan fingerprint density at radius 2 is 1.57 bits per heavy atom. The first-order valence-corrected chi connectivity index (χ1v) is 9.08. The molecule has 2 aliphatic heterocycles. The van der Waals surface area contributed by atoms with Crippen molar-refractivity contribution in [3.05, 3.63) is 48.0 Å². The van der Waals surface area contributed by atoms with Gasteiger partial charge in [0, 0.05) is 30.0 Å². The number of ether oxygens (including phenoxy) is 3. The number of benzene rings is 2. The van der Waals surface area contributed by atoms with Crippen molar-refractivity contribution < 1.29 is 23.8 Å². The topological polar surface area (TPSA) is 89.1 Å². The van der Waals surface area contributed by atoms with Crippen LogP contribution in [-0.4, -0.2) is 56.4 Å². The third-order valence-electron chi connectivity index (χ3n) is 4.53. The summed E-state index contributed by atoms with van der Waals surface area (Å²) in [4.78, 5) is 26.6. The van der Waals surface area contributed by atoms with Gasteiger partial charge in [0.2, 0.25) is 12.7 Å². The standard InChI is InChI=1S/C20H21N3O5/c24-19(12-23-7-9-26-10-8-23)21-15-2-4-16(5-3-15)22-20(25)14-1-6-17-18(11-14)28-13-27-17/h1-6,11H,7-10,12-13H2,(H,21,24)(H,22,25). The monoisotopic (exact) mass is 383 g/mol. The van der Waals surface area contributed by atoms with Crippen LogP contribution in [0.3, 0.4) is 0 Å². The maximum Gasteiger partial charge on any atom is 0.255 e. The Labute approximate surface area is 162 Å². The molecule has 0 bridgehead atoms. The average Bonchev–Trinajstić information content (AvgIpc) is 3.18. The number of amides is 2. The third kappa shape index (κ3) is 4.41. The van der Waals surface area contributed by atoms with E-state index in [1.54, 1.807) is 42.5 Å². The van der Waals surface area contributed by atoms with Gasteiger partial charge in [-0.1, -0.05) is 0 Å². The number of rotatable bonds is 5. The summed E-state index contributed by atoms with van der Waals surface area (Å²) in [5, 5.41) is 5.69. The molecular formula is C20H21N3O5. The Balaban J connectivity index is 1.31. The van der Waals surface area contributed by atoms with E-state index >= 15 is 0 Å². The van der Waals surface area contributed by atoms with Crippen molar-refractivity contribution in [3.63, 3.8) is 0 Å². The van der Waals surface area contributed by atoms with Crippen LogP contribution in [0.2, 0.25) is 0 Å². The lowest BCUT2D eigenvalue weighted by molar-refractivity contribution is -0.118. The number of hydrogen-bond donors (Lipinski definition) is 2. The summed E-state index contributed by atoms with van der Waals surface area (Å²) in [7, 11) is 0. The molecule has 0 aromatic heterocycles. The van der Waals surface area contributed by atoms with Gasteiger partial charge in [-0.15, -0.1) is 0 Å². The van der Waals surface area contributed by atoms with Crippen LogP contribution in [0.5, 0.6) is 11.5 Å². The molecule has 8 heteroatoms. The van der Waals surface area contributed by atoms with Crippen LogP contribution < -0.4 is 20.1 Å². The van der Waals surface area contributed by atoms with Gasteiger partial charge in [-0.3, -0.25) is 14.5 Å². The van der Waals surface area contributed by atoms with Gasteiger partial charge in [0.15, 0.2) is 11.5 Å². The maximum absolute atomic E-state index is 12.4. The first kappa shape index (κ1) is 18.3. The molecule has 0 radical (unpaired) electrons. The minimum absolute atomic E-state index is 0.0703. The Morgan fingerprint density at radius 3 is 2.32 bits per heavy atom. The molecule has 1 fully saturated rings. The zero-order valence-electron chi connectivity index (χ0n) is 15.3. The summed E-state index contributed by atoms with van der Waals surface area (Å²) in [6.07, 6.45) is 0. The number of hydrogen-bond acceptors (Lipinski definition) is 6. The van der Waals surface area contributed by atoms with Gasteiger partial charge in [-0.2, -0.15) is 0 Å². The fraction of sp³-hybridized carbons (Fsp3) is 0.300. The second kappa shape index (κ2) is 8.28. The van der Waals surface area contributed by atoms with E-state index < -0.39 is 0 Å². The molecule has 0 aliphatic carbocycles. The van der Waals surface area contributed by atoms with Crippen LogP contribution >= 0.6 is 0 Å². The van der Waals surface area contributed by atoms with Crippen molar-refractivity contribution in [2.75, 3.05) is 50.3 Å². The van der Waals surface area contributed by atoms with Crippen molar-refractivity contribution in [2.24, 2.45) is 0 Å². The van der Waals surface area contributed by atoms with Gasteiger partial charge in [0.1, 0.15) is 0 Å². The minimum Gasteiger partial charge on any atom is -0.454 e. The number of anilines is 2. The lowest BCUT2D eigenvalue weighted by atomic mass is 10.2. The van der Waals surface area contributed by atoms with Crippen molar-refractivity contribution >= 4 is 23.2 Å². The lowest BCUT2D eigenvalue weighted by Crippen LogP contribution is -2.41. The average molecular weight is 383 g/mol. The van der Waals surface area contributed by atoms with Gasteiger partial charge >= 0.3 is 0 Å². The highest BCUT2D eigenvalue weighted by Gasteiger charge is 2.17. The molecule has 2 amide bonds. The largest absolute Gasteiger partial charge is 0.454 e. The summed E-state index contributed by atoms with van der Waals surface area (Å²) < 4.78 is 15.8. The highest BCUT2D eigenvalue weighted by Crippen LogP contribution is 2.32. The normalized spacial score (nSPS) is 15.9. The van der Waals surface area contributed by atoms with Crippen molar-refractivity contribution in [1.82, 2.24) is 4.90 Å². The highest BCUT2D eigenvalue weighted by molar-refractivity contribution is 6.04. The molecule has 2 aliphatic rings. The zero-order valence-corrected chi connectivity index (χ0v) is 15.3. The fourth-order valence-corrected chi connectivity index (χ4v) is 3.04. The predicted octanol–water partition coefficient (Wildman–Crippen LogP) is 1.94. The third-order valence-corrected chi connectivity index (χ3v) is 4.53. The Morgan fingerprint density at radius 1 is 0.893 bits per heavy atom. The van der Waals surface area contributed by atoms with Crippen molar-refractivity contribution in [1.29, 1.82) is 0 Å². The molecule has 2 N–H and O–H groups in total. The smallest absolute Gasteiger partial charge is 0.255 e. The van der Waals surface area contributed by atoms with Crippen LogP contribution in [0, 0.1) is 0 Å². The molecule has 8 nitrogen and oxygen atoms in total. The predicted molar refractivity (Wildman–Crippen MR) is 103 cm³/mol. The first-order valence-electron chi connectivity index (χ1n) is 9.08. The molecule has 0 spiro atoms. The molecule has 2 aromatic carbocycles. The number of morpholine rings is 1. The number of nitrogens with one attached hydrogen (secondary N) is 2. The van der Waals surface area contributed by atoms with Crippen molar-refractivity contribution in [2.45, 2.75) is 0 Å². The Kier molecular flexibility index (Phi) is 5.41. The Hall–Kier alpha value is -3.10. The minimum atomic E-state index is -0.248. The maximum atomic E-state index is 12.4. The summed E-state index contributed by atoms with van der Waals surface area (Å²) in [6, 6.07) is 12.1. The highest BCUT2D eigenvalue weighted by atomic mass is 16.7. The van der Waals surface area contributed by atoms with Crippen LogP contribution in [0.25, 0.3) is 0 Å². The van der Waals surface area contributed by atoms with Crippen LogP contribution in [0.1, 0.15) is 10.4 Å². The summed E-state index contributed by atoms with van der Waals surface area (Å²) >= 11 is 0. The molecular weight excluding hydrogens is 362 g/mol. The van der Waals surface area contributed by atoms with E-state index in [1.807, 2.05) is 0 Å². The van der Waals surface area contributed by atoms with Crippen LogP contribution in [-0.2, 0) is 9.53 Å². The van der Waals surface area contributed by atoms with Crippen LogP contribution in [0.15, 0.2) is 42.5 Å². The van der Waals surface area contributed by atoms with E-state index in [0.717, 1.165) is 13.1 Å². The fourth-order valence-electron chi connectivity index (χ4n) is 3.04. The molecule has 1 saturated heterocycles. The second-order valence-electron chi connectivity index (χ2n) is 6.54. The molecule has 4 rings (SSSR count). The SMILES string of the molecule is O=C(CN1CCOCC1)Nc1ccc(NC(=O)c2ccc3c(c2)OCO3)cc1. The summed E-state index contributed by atoms with van der Waals surface area (Å²) in [6.45, 7) is 3.34. The van der Waals surface area contributed by atoms with Gasteiger partial charge in [0.05, 0.1) is 19.8 Å². The number of nitrogens with zero attached hydrogens (tertiary/aromatic N) is 1. The van der Waals surface area contributed by atoms with Gasteiger partial charge < -0.3 is 24.8 Å². The van der Waals surface area contributed by atoms with E-state index in [-0.39, 0.29) is 18.6 Å². The molecule has 2 heterocycles. The number of carbonyl (C=O) groups is 2. The summed E-state index contributed by atoms with van der Waals surface area (Å²) in [5.74, 6) is 0.876. The Bertz CT molecular complexity index is 863. The van der Waals surface area contributed by atoms with Gasteiger partial charge in [-0.25, -0.2) is 0 Å². The number of carbonyl (C=O) groups excluding carboxylic acids is 2. The number of fused-ring (bicyclic) bond motifs is 1. The van der Waals surface area contributed by atoms with Gasteiger partial charge in [0.25, 0.3) is 5.91 Å². The quantitative estimate of drug-likeness (QED) is 0.820. The van der Waals surface area contributed by atoms with Crippen molar-refractivity contribution in [3.8, 4) is 11.5 Å². The first-order chi connectivity index (χ1) is 13.7. The second-order valence-corrected chi connectivity index (χ2v) is 6.54. The van der Waals surface area contributed by atoms with Gasteiger partial charge in [-0.05, 0) is 42.5 Å². The summed E-state index contributed by atoms with van der Waals surface area (Å²) in [5.41, 5.74) is 1.79. The van der Waals surface area contributed by atoms with E-state index in [0.29, 0.717) is 48.2 Å². The molecule has 0 saturated carbocycles. The van der Waals surface area contributed by atoms with E-state index in [9.17, 15) is 9.59 Å². The molecule has 28 heavy (non-hydrogen) atoms. The van der Waals surface area contributed by atoms with Crippen LogP contribution in [0.4, 0.5) is 11.4 Å². The van der Waals surface area contributed by atoms with E-state index in [1.165, 1.54) is 0 Å². The molecule has 146 valence electrons. The zero-order chi connectivity index (χ0) is 19.3. The van der Waals surface area contributed by atoms with E-state index in [4.69, 9.17) is 14.2 Å². The molecule has 0 atom stereocenters. The lowest BCUT2D eigenvalue weighted by Gasteiger charge is -2.25. The van der Waals surface area contributed by atoms with E-state index in [2.05, 4.69) is 15.5 Å².